The number of thioether (sulfide) groups is 1. The number of rotatable bonds is 7. The number of nitrogens with zero attached hydrogens (tertiary/aromatic N) is 3. The molecule has 1 N–H and O–H groups in total. The molecule has 4 aromatic rings. The van der Waals surface area contributed by atoms with Gasteiger partial charge in [-0.1, -0.05) is 61.5 Å². The van der Waals surface area contributed by atoms with Gasteiger partial charge in [-0.05, 0) is 47.4 Å². The zero-order chi connectivity index (χ0) is 21.8. The monoisotopic (exact) mass is 450 g/mol. The second kappa shape index (κ2) is 9.54. The van der Waals surface area contributed by atoms with E-state index in [2.05, 4.69) is 24.1 Å². The van der Waals surface area contributed by atoms with Crippen molar-refractivity contribution in [2.45, 2.75) is 37.2 Å². The summed E-state index contributed by atoms with van der Waals surface area (Å²) in [4.78, 5) is 21.7. The molecule has 7 heteroatoms. The molecule has 2 aromatic carbocycles. The molecule has 0 aliphatic rings. The first-order valence-electron chi connectivity index (χ1n) is 10.1. The van der Waals surface area contributed by atoms with Gasteiger partial charge in [-0.2, -0.15) is 0 Å². The predicted molar refractivity (Wildman–Crippen MR) is 128 cm³/mol. The Morgan fingerprint density at radius 2 is 1.97 bits per heavy atom. The third-order valence-corrected chi connectivity index (χ3v) is 6.22. The van der Waals surface area contributed by atoms with Crippen LogP contribution in [0.25, 0.3) is 11.0 Å². The van der Waals surface area contributed by atoms with Gasteiger partial charge in [0.25, 0.3) is 0 Å². The van der Waals surface area contributed by atoms with Crippen LogP contribution < -0.4 is 5.32 Å². The zero-order valence-corrected chi connectivity index (χ0v) is 19.0. The van der Waals surface area contributed by atoms with Gasteiger partial charge >= 0.3 is 0 Å². The molecule has 158 valence electrons. The van der Waals surface area contributed by atoms with E-state index < -0.39 is 0 Å². The molecule has 4 rings (SSSR count). The van der Waals surface area contributed by atoms with Crippen molar-refractivity contribution >= 4 is 46.0 Å². The van der Waals surface area contributed by atoms with Crippen LogP contribution in [0.5, 0.6) is 0 Å². The molecule has 2 heterocycles. The topological polar surface area (TPSA) is 59.8 Å². The molecule has 0 saturated carbocycles. The SMILES string of the molecule is CC(C)c1ccc(NC(=O)Cn2c(SCc3cccc(Cl)c3)nc3ccncc32)cc1. The number of imidazole rings is 1. The Kier molecular flexibility index (Phi) is 6.59. The highest BCUT2D eigenvalue weighted by atomic mass is 35.5. The summed E-state index contributed by atoms with van der Waals surface area (Å²) in [5, 5.41) is 4.46. The number of hydrogen-bond acceptors (Lipinski definition) is 4. The van der Waals surface area contributed by atoms with Crippen LogP contribution in [0.15, 0.2) is 72.1 Å². The maximum Gasteiger partial charge on any atom is 0.244 e. The number of carbonyl (C=O) groups is 1. The fourth-order valence-electron chi connectivity index (χ4n) is 3.28. The maximum absolute atomic E-state index is 12.8. The molecule has 31 heavy (non-hydrogen) atoms. The molecule has 0 aliphatic heterocycles. The third kappa shape index (κ3) is 5.27. The minimum absolute atomic E-state index is 0.106. The van der Waals surface area contributed by atoms with Gasteiger partial charge in [0, 0.05) is 22.7 Å². The first-order chi connectivity index (χ1) is 15.0. The molecule has 0 unspecified atom stereocenters. The molecule has 2 aromatic heterocycles. The maximum atomic E-state index is 12.8. The van der Waals surface area contributed by atoms with Crippen molar-refractivity contribution in [1.82, 2.24) is 14.5 Å². The van der Waals surface area contributed by atoms with Crippen molar-refractivity contribution in [2.75, 3.05) is 5.32 Å². The summed E-state index contributed by atoms with van der Waals surface area (Å²) >= 11 is 7.68. The Bertz CT molecular complexity index is 1200. The van der Waals surface area contributed by atoms with Gasteiger partial charge in [0.05, 0.1) is 17.2 Å². The largest absolute Gasteiger partial charge is 0.325 e. The van der Waals surface area contributed by atoms with Crippen LogP contribution in [-0.2, 0) is 17.1 Å². The number of aromatic nitrogens is 3. The van der Waals surface area contributed by atoms with E-state index in [0.717, 1.165) is 27.4 Å². The van der Waals surface area contributed by atoms with Crippen LogP contribution in [-0.4, -0.2) is 20.4 Å². The fourth-order valence-corrected chi connectivity index (χ4v) is 4.45. The highest BCUT2D eigenvalue weighted by Gasteiger charge is 2.15. The standard InChI is InChI=1S/C24H23ClN4OS/c1-16(2)18-6-8-20(9-7-18)27-23(30)14-29-22-13-26-11-10-21(22)28-24(29)31-15-17-4-3-5-19(25)12-17/h3-13,16H,14-15H2,1-2H3,(H,27,30). The average molecular weight is 451 g/mol. The number of benzene rings is 2. The number of anilines is 1. The molecular weight excluding hydrogens is 428 g/mol. The molecule has 0 fully saturated rings. The Labute approximate surface area is 190 Å². The van der Waals surface area contributed by atoms with E-state index in [1.165, 1.54) is 5.56 Å². The van der Waals surface area contributed by atoms with E-state index in [4.69, 9.17) is 16.6 Å². The number of nitrogens with one attached hydrogen (secondary N) is 1. The Hall–Kier alpha value is -2.83. The van der Waals surface area contributed by atoms with Gasteiger partial charge in [-0.3, -0.25) is 9.78 Å². The average Bonchev–Trinajstić information content (AvgIpc) is 3.10. The number of hydrogen-bond donors (Lipinski definition) is 1. The molecule has 5 nitrogen and oxygen atoms in total. The third-order valence-electron chi connectivity index (χ3n) is 4.94. The van der Waals surface area contributed by atoms with Gasteiger partial charge in [-0.15, -0.1) is 0 Å². The summed E-state index contributed by atoms with van der Waals surface area (Å²) in [7, 11) is 0. The zero-order valence-electron chi connectivity index (χ0n) is 17.4. The highest BCUT2D eigenvalue weighted by molar-refractivity contribution is 7.98. The number of carbonyl (C=O) groups excluding carboxylic acids is 1. The first-order valence-corrected chi connectivity index (χ1v) is 11.4. The van der Waals surface area contributed by atoms with Crippen molar-refractivity contribution in [3.05, 3.63) is 83.1 Å². The number of pyridine rings is 1. The highest BCUT2D eigenvalue weighted by Crippen LogP contribution is 2.27. The van der Waals surface area contributed by atoms with Crippen molar-refractivity contribution in [2.24, 2.45) is 0 Å². The summed E-state index contributed by atoms with van der Waals surface area (Å²) < 4.78 is 1.91. The summed E-state index contributed by atoms with van der Waals surface area (Å²) in [6.07, 6.45) is 3.46. The summed E-state index contributed by atoms with van der Waals surface area (Å²) in [5.74, 6) is 1.05. The molecule has 0 spiro atoms. The lowest BCUT2D eigenvalue weighted by molar-refractivity contribution is -0.116. The van der Waals surface area contributed by atoms with E-state index in [1.54, 1.807) is 24.2 Å². The normalized spacial score (nSPS) is 11.2. The molecule has 1 amide bonds. The fraction of sp³-hybridized carbons (Fsp3) is 0.208. The van der Waals surface area contributed by atoms with Crippen LogP contribution >= 0.6 is 23.4 Å². The van der Waals surface area contributed by atoms with Gasteiger partial charge in [0.2, 0.25) is 5.91 Å². The molecular formula is C24H23ClN4OS. The van der Waals surface area contributed by atoms with Gasteiger partial charge < -0.3 is 9.88 Å². The summed E-state index contributed by atoms with van der Waals surface area (Å²) in [6, 6.07) is 17.6. The van der Waals surface area contributed by atoms with Crippen LogP contribution in [0.2, 0.25) is 5.02 Å². The molecule has 0 aliphatic carbocycles. The quantitative estimate of drug-likeness (QED) is 0.343. The lowest BCUT2D eigenvalue weighted by atomic mass is 10.0. The summed E-state index contributed by atoms with van der Waals surface area (Å²) in [5.41, 5.74) is 4.78. The molecule has 0 bridgehead atoms. The minimum atomic E-state index is -0.106. The van der Waals surface area contributed by atoms with E-state index in [9.17, 15) is 4.79 Å². The van der Waals surface area contributed by atoms with Crippen LogP contribution in [0.4, 0.5) is 5.69 Å². The number of fused-ring (bicyclic) bond motifs is 1. The lowest BCUT2D eigenvalue weighted by Gasteiger charge is -2.11. The Morgan fingerprint density at radius 3 is 2.71 bits per heavy atom. The minimum Gasteiger partial charge on any atom is -0.325 e. The second-order valence-electron chi connectivity index (χ2n) is 7.59. The number of halogens is 1. The van der Waals surface area contributed by atoms with E-state index in [0.29, 0.717) is 16.7 Å². The van der Waals surface area contributed by atoms with E-state index >= 15 is 0 Å². The first kappa shape index (κ1) is 21.4. The summed E-state index contributed by atoms with van der Waals surface area (Å²) in [6.45, 7) is 4.45. The smallest absolute Gasteiger partial charge is 0.244 e. The van der Waals surface area contributed by atoms with Gasteiger partial charge in [-0.25, -0.2) is 4.98 Å². The van der Waals surface area contributed by atoms with Crippen LogP contribution in [0, 0.1) is 0 Å². The second-order valence-corrected chi connectivity index (χ2v) is 8.97. The predicted octanol–water partition coefficient (Wildman–Crippen LogP) is 6.14. The lowest BCUT2D eigenvalue weighted by Crippen LogP contribution is -2.19. The van der Waals surface area contributed by atoms with E-state index in [-0.39, 0.29) is 12.5 Å². The Morgan fingerprint density at radius 1 is 1.16 bits per heavy atom. The molecule has 0 atom stereocenters. The van der Waals surface area contributed by atoms with Crippen molar-refractivity contribution in [3.63, 3.8) is 0 Å². The Balaban J connectivity index is 1.52. The van der Waals surface area contributed by atoms with E-state index in [1.807, 2.05) is 59.2 Å². The number of amides is 1. The van der Waals surface area contributed by atoms with Crippen molar-refractivity contribution in [1.29, 1.82) is 0 Å². The van der Waals surface area contributed by atoms with Crippen LogP contribution in [0.3, 0.4) is 0 Å². The molecule has 0 saturated heterocycles. The van der Waals surface area contributed by atoms with Crippen molar-refractivity contribution < 1.29 is 4.79 Å². The van der Waals surface area contributed by atoms with Gasteiger partial charge in [0.1, 0.15) is 6.54 Å². The van der Waals surface area contributed by atoms with Gasteiger partial charge in [0.15, 0.2) is 5.16 Å². The van der Waals surface area contributed by atoms with Crippen LogP contribution in [0.1, 0.15) is 30.9 Å². The van der Waals surface area contributed by atoms with Crippen molar-refractivity contribution in [3.8, 4) is 0 Å². The molecule has 0 radical (unpaired) electrons.